The molecule has 0 bridgehead atoms. The number of furan rings is 1. The highest BCUT2D eigenvalue weighted by atomic mass is 32.2. The van der Waals surface area contributed by atoms with Crippen molar-refractivity contribution in [2.24, 2.45) is 5.92 Å². The lowest BCUT2D eigenvalue weighted by Crippen LogP contribution is -2.45. The number of nitrogens with zero attached hydrogens (tertiary/aromatic N) is 2. The molecular formula is C16H22N4O4S. The molecule has 0 radical (unpaired) electrons. The Morgan fingerprint density at radius 3 is 3.00 bits per heavy atom. The SMILES string of the molecule is CCCNC(=O)[C@H]1CCCN(S(=O)(=O)c2ccc(-c3ccn[nH]3)o2)C1. The van der Waals surface area contributed by atoms with Crippen molar-refractivity contribution >= 4 is 15.9 Å². The Morgan fingerprint density at radius 2 is 2.28 bits per heavy atom. The molecule has 25 heavy (non-hydrogen) atoms. The van der Waals surface area contributed by atoms with Gasteiger partial charge in [-0.3, -0.25) is 9.89 Å². The standard InChI is InChI=1S/C16H22N4O4S/c1-2-8-17-16(21)12-4-3-10-20(11-12)25(22,23)15-6-5-14(24-15)13-7-9-18-19-13/h5-7,9,12H,2-4,8,10-11H2,1H3,(H,17,21)(H,18,19)/t12-/m0/s1. The maximum absolute atomic E-state index is 12.8. The summed E-state index contributed by atoms with van der Waals surface area (Å²) in [6.45, 7) is 3.15. The minimum absolute atomic E-state index is 0.0839. The maximum atomic E-state index is 12.8. The van der Waals surface area contributed by atoms with Gasteiger partial charge in [-0.1, -0.05) is 6.92 Å². The zero-order chi connectivity index (χ0) is 17.9. The van der Waals surface area contributed by atoms with Gasteiger partial charge >= 0.3 is 0 Å². The summed E-state index contributed by atoms with van der Waals surface area (Å²) in [5, 5.41) is 9.28. The van der Waals surface area contributed by atoms with Crippen LogP contribution in [0.3, 0.4) is 0 Å². The largest absolute Gasteiger partial charge is 0.442 e. The molecule has 0 spiro atoms. The summed E-state index contributed by atoms with van der Waals surface area (Å²) >= 11 is 0. The minimum atomic E-state index is -3.77. The zero-order valence-corrected chi connectivity index (χ0v) is 14.9. The number of nitrogens with one attached hydrogen (secondary N) is 2. The Morgan fingerprint density at radius 1 is 1.44 bits per heavy atom. The monoisotopic (exact) mass is 366 g/mol. The fourth-order valence-corrected chi connectivity index (χ4v) is 4.33. The van der Waals surface area contributed by atoms with Crippen molar-refractivity contribution in [1.29, 1.82) is 0 Å². The third-order valence-electron chi connectivity index (χ3n) is 4.25. The summed E-state index contributed by atoms with van der Waals surface area (Å²) in [5.41, 5.74) is 0.608. The van der Waals surface area contributed by atoms with E-state index in [-0.39, 0.29) is 23.5 Å². The van der Waals surface area contributed by atoms with Gasteiger partial charge in [0.2, 0.25) is 11.0 Å². The maximum Gasteiger partial charge on any atom is 0.276 e. The average Bonchev–Trinajstić information content (AvgIpc) is 3.30. The van der Waals surface area contributed by atoms with Gasteiger partial charge in [-0.25, -0.2) is 8.42 Å². The van der Waals surface area contributed by atoms with Crippen LogP contribution in [0.5, 0.6) is 0 Å². The molecule has 1 atom stereocenters. The molecule has 136 valence electrons. The van der Waals surface area contributed by atoms with Gasteiger partial charge < -0.3 is 9.73 Å². The Bertz CT molecular complexity index is 813. The number of carbonyl (C=O) groups excluding carboxylic acids is 1. The number of hydrogen-bond donors (Lipinski definition) is 2. The second-order valence-corrected chi connectivity index (χ2v) is 7.95. The lowest BCUT2D eigenvalue weighted by atomic mass is 9.99. The first-order valence-electron chi connectivity index (χ1n) is 8.40. The molecular weight excluding hydrogens is 344 g/mol. The first-order valence-corrected chi connectivity index (χ1v) is 9.84. The van der Waals surface area contributed by atoms with Gasteiger partial charge in [-0.15, -0.1) is 0 Å². The molecule has 3 heterocycles. The predicted octanol–water partition coefficient (Wildman–Crippen LogP) is 1.60. The van der Waals surface area contributed by atoms with Gasteiger partial charge in [0.05, 0.1) is 5.92 Å². The van der Waals surface area contributed by atoms with E-state index in [9.17, 15) is 13.2 Å². The van der Waals surface area contributed by atoms with Gasteiger partial charge in [0.25, 0.3) is 10.0 Å². The lowest BCUT2D eigenvalue weighted by molar-refractivity contribution is -0.126. The quantitative estimate of drug-likeness (QED) is 0.807. The highest BCUT2D eigenvalue weighted by molar-refractivity contribution is 7.89. The van der Waals surface area contributed by atoms with Crippen molar-refractivity contribution in [2.75, 3.05) is 19.6 Å². The number of aromatic nitrogens is 2. The van der Waals surface area contributed by atoms with Crippen LogP contribution in [0.15, 0.2) is 33.9 Å². The van der Waals surface area contributed by atoms with E-state index in [1.54, 1.807) is 18.3 Å². The van der Waals surface area contributed by atoms with Crippen molar-refractivity contribution in [1.82, 2.24) is 19.8 Å². The van der Waals surface area contributed by atoms with Crippen LogP contribution in [0.4, 0.5) is 0 Å². The van der Waals surface area contributed by atoms with Gasteiger partial charge in [0.1, 0.15) is 5.69 Å². The van der Waals surface area contributed by atoms with E-state index in [2.05, 4.69) is 15.5 Å². The summed E-state index contributed by atoms with van der Waals surface area (Å²) in [4.78, 5) is 12.2. The van der Waals surface area contributed by atoms with Crippen LogP contribution >= 0.6 is 0 Å². The normalized spacial score (nSPS) is 19.0. The third-order valence-corrected chi connectivity index (χ3v) is 5.99. The number of rotatable bonds is 6. The number of piperidine rings is 1. The Balaban J connectivity index is 1.74. The molecule has 0 unspecified atom stereocenters. The van der Waals surface area contributed by atoms with Crippen molar-refractivity contribution in [3.05, 3.63) is 24.4 Å². The van der Waals surface area contributed by atoms with E-state index in [1.165, 1.54) is 10.4 Å². The molecule has 1 aliphatic heterocycles. The fraction of sp³-hybridized carbons (Fsp3) is 0.500. The highest BCUT2D eigenvalue weighted by Crippen LogP contribution is 2.28. The number of aromatic amines is 1. The van der Waals surface area contributed by atoms with Crippen LogP contribution in [0.1, 0.15) is 26.2 Å². The molecule has 2 N–H and O–H groups in total. The van der Waals surface area contributed by atoms with Crippen molar-refractivity contribution < 1.29 is 17.6 Å². The van der Waals surface area contributed by atoms with Crippen molar-refractivity contribution in [3.8, 4) is 11.5 Å². The van der Waals surface area contributed by atoms with Gasteiger partial charge in [0, 0.05) is 25.8 Å². The topological polar surface area (TPSA) is 108 Å². The number of hydrogen-bond acceptors (Lipinski definition) is 5. The van der Waals surface area contributed by atoms with E-state index in [1.807, 2.05) is 6.92 Å². The number of sulfonamides is 1. The summed E-state index contributed by atoms with van der Waals surface area (Å²) in [7, 11) is -3.77. The van der Waals surface area contributed by atoms with Crippen LogP contribution in [-0.2, 0) is 14.8 Å². The van der Waals surface area contributed by atoms with Crippen LogP contribution < -0.4 is 5.32 Å². The average molecular weight is 366 g/mol. The molecule has 8 nitrogen and oxygen atoms in total. The van der Waals surface area contributed by atoms with Crippen molar-refractivity contribution in [2.45, 2.75) is 31.3 Å². The predicted molar refractivity (Wildman–Crippen MR) is 91.1 cm³/mol. The third kappa shape index (κ3) is 3.77. The molecule has 2 aromatic heterocycles. The first-order chi connectivity index (χ1) is 12.0. The Hall–Kier alpha value is -2.13. The van der Waals surface area contributed by atoms with E-state index in [0.717, 1.165) is 6.42 Å². The van der Waals surface area contributed by atoms with Gasteiger partial charge in [-0.2, -0.15) is 9.40 Å². The summed E-state index contributed by atoms with van der Waals surface area (Å²) in [5.74, 6) is 0.00165. The lowest BCUT2D eigenvalue weighted by Gasteiger charge is -2.30. The second-order valence-electron chi connectivity index (χ2n) is 6.08. The van der Waals surface area contributed by atoms with Crippen LogP contribution in [0, 0.1) is 5.92 Å². The van der Waals surface area contributed by atoms with Crippen LogP contribution in [0.25, 0.3) is 11.5 Å². The summed E-state index contributed by atoms with van der Waals surface area (Å²) in [6.07, 6.45) is 3.76. The molecule has 0 saturated carbocycles. The molecule has 0 aromatic carbocycles. The van der Waals surface area contributed by atoms with E-state index in [0.29, 0.717) is 37.4 Å². The van der Waals surface area contributed by atoms with Gasteiger partial charge in [0.15, 0.2) is 5.76 Å². The fourth-order valence-electron chi connectivity index (χ4n) is 2.89. The van der Waals surface area contributed by atoms with Crippen molar-refractivity contribution in [3.63, 3.8) is 0 Å². The molecule has 1 amide bonds. The molecule has 2 aromatic rings. The van der Waals surface area contributed by atoms with Crippen LogP contribution in [-0.4, -0.2) is 48.5 Å². The van der Waals surface area contributed by atoms with Gasteiger partial charge in [-0.05, 0) is 37.5 Å². The second kappa shape index (κ2) is 7.40. The molecule has 1 fully saturated rings. The number of carbonyl (C=O) groups is 1. The van der Waals surface area contributed by atoms with Crippen LogP contribution in [0.2, 0.25) is 0 Å². The Kier molecular flexibility index (Phi) is 5.24. The summed E-state index contributed by atoms with van der Waals surface area (Å²) < 4.78 is 32.5. The smallest absolute Gasteiger partial charge is 0.276 e. The molecule has 9 heteroatoms. The van der Waals surface area contributed by atoms with E-state index < -0.39 is 10.0 Å². The molecule has 1 aliphatic rings. The highest BCUT2D eigenvalue weighted by Gasteiger charge is 2.35. The van der Waals surface area contributed by atoms with E-state index >= 15 is 0 Å². The number of H-pyrrole nitrogens is 1. The minimum Gasteiger partial charge on any atom is -0.442 e. The summed E-state index contributed by atoms with van der Waals surface area (Å²) in [6, 6.07) is 4.73. The Labute approximate surface area is 146 Å². The molecule has 3 rings (SSSR count). The molecule has 0 aliphatic carbocycles. The zero-order valence-electron chi connectivity index (χ0n) is 14.1. The first kappa shape index (κ1) is 17.7. The number of amides is 1. The molecule has 1 saturated heterocycles. The van der Waals surface area contributed by atoms with E-state index in [4.69, 9.17) is 4.42 Å².